The van der Waals surface area contributed by atoms with Gasteiger partial charge >= 0.3 is 5.97 Å². The molecule has 0 aromatic heterocycles. The van der Waals surface area contributed by atoms with Crippen LogP contribution in [-0.4, -0.2) is 23.3 Å². The molecule has 1 aliphatic carbocycles. The molecule has 2 fully saturated rings. The standard InChI is InChI=1S/C20H26O3/c21-17-13-19(23-20(22)14-17)18(16-10-6-3-7-11-16)12-15-8-4-1-2-5-9-15/h3,6-7,10-12,15,17,19,21H,1-2,4-5,8-9,13-14H2. The monoisotopic (exact) mass is 314 g/mol. The number of carbonyl (C=O) groups is 1. The Balaban J connectivity index is 1.88. The summed E-state index contributed by atoms with van der Waals surface area (Å²) in [5.41, 5.74) is 2.17. The minimum absolute atomic E-state index is 0.113. The smallest absolute Gasteiger partial charge is 0.309 e. The third kappa shape index (κ3) is 4.44. The van der Waals surface area contributed by atoms with Crippen LogP contribution in [0.4, 0.5) is 0 Å². The van der Waals surface area contributed by atoms with Crippen molar-refractivity contribution in [3.63, 3.8) is 0 Å². The molecule has 3 rings (SSSR count). The zero-order chi connectivity index (χ0) is 16.1. The van der Waals surface area contributed by atoms with Gasteiger partial charge in [-0.05, 0) is 29.9 Å². The predicted molar refractivity (Wildman–Crippen MR) is 90.7 cm³/mol. The number of carbonyl (C=O) groups excluding carboxylic acids is 1. The van der Waals surface area contributed by atoms with Gasteiger partial charge in [0.2, 0.25) is 0 Å². The van der Waals surface area contributed by atoms with Crippen molar-refractivity contribution in [1.29, 1.82) is 0 Å². The van der Waals surface area contributed by atoms with Crippen molar-refractivity contribution in [2.75, 3.05) is 0 Å². The third-order valence-electron chi connectivity index (χ3n) is 4.93. The predicted octanol–water partition coefficient (Wildman–Crippen LogP) is 4.11. The van der Waals surface area contributed by atoms with Gasteiger partial charge in [0.25, 0.3) is 0 Å². The maximum absolute atomic E-state index is 11.8. The number of hydrogen-bond donors (Lipinski definition) is 1. The second kappa shape index (κ2) is 7.78. The van der Waals surface area contributed by atoms with E-state index in [1.54, 1.807) is 0 Å². The molecule has 124 valence electrons. The van der Waals surface area contributed by atoms with Gasteiger partial charge in [0.05, 0.1) is 12.5 Å². The number of benzene rings is 1. The van der Waals surface area contributed by atoms with Crippen LogP contribution in [0.1, 0.15) is 56.9 Å². The second-order valence-electron chi connectivity index (χ2n) is 6.81. The summed E-state index contributed by atoms with van der Waals surface area (Å²) in [5.74, 6) is 0.252. The first-order valence-electron chi connectivity index (χ1n) is 8.87. The number of allylic oxidation sites excluding steroid dienone is 1. The molecule has 0 radical (unpaired) electrons. The maximum atomic E-state index is 11.8. The number of cyclic esters (lactones) is 1. The molecule has 2 aliphatic rings. The van der Waals surface area contributed by atoms with Crippen molar-refractivity contribution in [3.05, 3.63) is 42.0 Å². The van der Waals surface area contributed by atoms with Crippen molar-refractivity contribution in [3.8, 4) is 0 Å². The Morgan fingerprint density at radius 1 is 1.09 bits per heavy atom. The number of esters is 1. The van der Waals surface area contributed by atoms with Gasteiger partial charge in [0.1, 0.15) is 6.10 Å². The molecule has 0 spiro atoms. The number of aliphatic hydroxyl groups excluding tert-OH is 1. The molecule has 2 unspecified atom stereocenters. The highest BCUT2D eigenvalue weighted by atomic mass is 16.5. The van der Waals surface area contributed by atoms with Crippen LogP contribution in [0, 0.1) is 5.92 Å². The molecule has 1 aromatic carbocycles. The zero-order valence-electron chi connectivity index (χ0n) is 13.6. The van der Waals surface area contributed by atoms with Gasteiger partial charge in [-0.3, -0.25) is 4.79 Å². The van der Waals surface area contributed by atoms with Crippen LogP contribution in [0.15, 0.2) is 36.4 Å². The van der Waals surface area contributed by atoms with E-state index < -0.39 is 6.10 Å². The third-order valence-corrected chi connectivity index (χ3v) is 4.93. The Labute approximate surface area is 138 Å². The number of ether oxygens (including phenoxy) is 1. The zero-order valence-corrected chi connectivity index (χ0v) is 13.6. The van der Waals surface area contributed by atoms with E-state index in [2.05, 4.69) is 18.2 Å². The molecule has 0 amide bonds. The molecular weight excluding hydrogens is 288 g/mol. The van der Waals surface area contributed by atoms with Gasteiger partial charge in [-0.15, -0.1) is 0 Å². The van der Waals surface area contributed by atoms with Gasteiger partial charge < -0.3 is 9.84 Å². The minimum atomic E-state index is -0.595. The van der Waals surface area contributed by atoms with Crippen molar-refractivity contribution in [2.45, 2.75) is 63.6 Å². The van der Waals surface area contributed by atoms with Crippen LogP contribution in [-0.2, 0) is 9.53 Å². The van der Waals surface area contributed by atoms with E-state index in [1.807, 2.05) is 18.2 Å². The van der Waals surface area contributed by atoms with Gasteiger partial charge in [0.15, 0.2) is 0 Å². The van der Waals surface area contributed by atoms with Crippen molar-refractivity contribution in [1.82, 2.24) is 0 Å². The molecule has 1 aliphatic heterocycles. The Kier molecular flexibility index (Phi) is 5.50. The summed E-state index contributed by atoms with van der Waals surface area (Å²) in [6, 6.07) is 10.2. The largest absolute Gasteiger partial charge is 0.457 e. The van der Waals surface area contributed by atoms with Gasteiger partial charge in [-0.2, -0.15) is 0 Å². The Morgan fingerprint density at radius 3 is 2.43 bits per heavy atom. The van der Waals surface area contributed by atoms with E-state index in [1.165, 1.54) is 38.5 Å². The first-order valence-corrected chi connectivity index (χ1v) is 8.87. The molecule has 1 aromatic rings. The maximum Gasteiger partial charge on any atom is 0.309 e. The molecule has 1 saturated heterocycles. The number of rotatable bonds is 3. The fraction of sp³-hybridized carbons (Fsp3) is 0.550. The average Bonchev–Trinajstić information content (AvgIpc) is 2.81. The molecule has 1 saturated carbocycles. The lowest BCUT2D eigenvalue weighted by molar-refractivity contribution is -0.155. The van der Waals surface area contributed by atoms with Gasteiger partial charge in [-0.1, -0.05) is 62.1 Å². The molecular formula is C20H26O3. The van der Waals surface area contributed by atoms with E-state index in [9.17, 15) is 9.90 Å². The van der Waals surface area contributed by atoms with Gasteiger partial charge in [0, 0.05) is 6.42 Å². The normalized spacial score (nSPS) is 27.3. The molecule has 3 nitrogen and oxygen atoms in total. The molecule has 0 bridgehead atoms. The summed E-state index contributed by atoms with van der Waals surface area (Å²) >= 11 is 0. The highest BCUT2D eigenvalue weighted by Crippen LogP contribution is 2.33. The lowest BCUT2D eigenvalue weighted by Crippen LogP contribution is -2.33. The summed E-state index contributed by atoms with van der Waals surface area (Å²) in [4.78, 5) is 11.8. The molecule has 23 heavy (non-hydrogen) atoms. The molecule has 1 heterocycles. The fourth-order valence-corrected chi connectivity index (χ4v) is 3.72. The van der Waals surface area contributed by atoms with Crippen LogP contribution in [0.25, 0.3) is 5.57 Å². The summed E-state index contributed by atoms with van der Waals surface area (Å²) in [5, 5.41) is 9.97. The summed E-state index contributed by atoms with van der Waals surface area (Å²) in [6.45, 7) is 0. The van der Waals surface area contributed by atoms with E-state index in [0.29, 0.717) is 12.3 Å². The summed E-state index contributed by atoms with van der Waals surface area (Å²) < 4.78 is 5.58. The first-order chi connectivity index (χ1) is 11.2. The van der Waals surface area contributed by atoms with E-state index in [4.69, 9.17) is 4.74 Å². The van der Waals surface area contributed by atoms with E-state index in [0.717, 1.165) is 11.1 Å². The molecule has 1 N–H and O–H groups in total. The molecule has 3 heteroatoms. The van der Waals surface area contributed by atoms with Gasteiger partial charge in [-0.25, -0.2) is 0 Å². The Hall–Kier alpha value is -1.61. The average molecular weight is 314 g/mol. The second-order valence-corrected chi connectivity index (χ2v) is 6.81. The lowest BCUT2D eigenvalue weighted by Gasteiger charge is -2.29. The molecule has 2 atom stereocenters. The Morgan fingerprint density at radius 2 is 1.78 bits per heavy atom. The first kappa shape index (κ1) is 16.3. The summed E-state index contributed by atoms with van der Waals surface area (Å²) in [7, 11) is 0. The quantitative estimate of drug-likeness (QED) is 0.674. The SMILES string of the molecule is O=C1CC(O)CC(C(=CC2CCCCCC2)c2ccccc2)O1. The van der Waals surface area contributed by atoms with Crippen molar-refractivity contribution in [2.24, 2.45) is 5.92 Å². The summed E-state index contributed by atoms with van der Waals surface area (Å²) in [6.07, 6.45) is 9.62. The Bertz CT molecular complexity index is 541. The number of hydrogen-bond acceptors (Lipinski definition) is 3. The van der Waals surface area contributed by atoms with Crippen LogP contribution in [0.3, 0.4) is 0 Å². The van der Waals surface area contributed by atoms with Crippen LogP contribution < -0.4 is 0 Å². The van der Waals surface area contributed by atoms with Crippen molar-refractivity contribution >= 4 is 11.5 Å². The van der Waals surface area contributed by atoms with Crippen LogP contribution in [0.5, 0.6) is 0 Å². The van der Waals surface area contributed by atoms with Crippen LogP contribution >= 0.6 is 0 Å². The topological polar surface area (TPSA) is 46.5 Å². The van der Waals surface area contributed by atoms with E-state index >= 15 is 0 Å². The lowest BCUT2D eigenvalue weighted by atomic mass is 9.88. The van der Waals surface area contributed by atoms with E-state index in [-0.39, 0.29) is 18.5 Å². The van der Waals surface area contributed by atoms with Crippen molar-refractivity contribution < 1.29 is 14.6 Å². The number of aliphatic hydroxyl groups is 1. The minimum Gasteiger partial charge on any atom is -0.457 e. The fourth-order valence-electron chi connectivity index (χ4n) is 3.72. The highest BCUT2D eigenvalue weighted by Gasteiger charge is 2.30. The highest BCUT2D eigenvalue weighted by molar-refractivity contribution is 5.76. The van der Waals surface area contributed by atoms with Crippen LogP contribution in [0.2, 0.25) is 0 Å².